The van der Waals surface area contributed by atoms with Crippen LogP contribution in [-0.4, -0.2) is 26.5 Å². The largest absolute Gasteiger partial charge is 0.270 e. The van der Waals surface area contributed by atoms with Crippen LogP contribution in [0.25, 0.3) is 6.08 Å². The predicted octanol–water partition coefficient (Wildman–Crippen LogP) is 2.56. The van der Waals surface area contributed by atoms with Gasteiger partial charge in [0.05, 0.1) is 11.4 Å². The topological polar surface area (TPSA) is 37.4 Å². The van der Waals surface area contributed by atoms with E-state index in [0.717, 1.165) is 23.4 Å². The molecule has 0 aliphatic carbocycles. The molecule has 5 heteroatoms. The number of hydrogen-bond acceptors (Lipinski definition) is 3. The Morgan fingerprint density at radius 1 is 1.39 bits per heavy atom. The maximum Gasteiger partial charge on any atom is 0.235 e. The van der Waals surface area contributed by atoms with Crippen molar-refractivity contribution in [2.45, 2.75) is 12.8 Å². The van der Waals surface area contributed by atoms with Gasteiger partial charge < -0.3 is 0 Å². The van der Waals surface area contributed by atoms with Crippen LogP contribution in [0.1, 0.15) is 18.4 Å². The highest BCUT2D eigenvalue weighted by Gasteiger charge is 2.28. The molecule has 0 radical (unpaired) electrons. The van der Waals surface area contributed by atoms with Crippen molar-refractivity contribution in [1.82, 2.24) is 0 Å². The molecule has 2 rings (SSSR count). The lowest BCUT2D eigenvalue weighted by atomic mass is 10.2. The van der Waals surface area contributed by atoms with Gasteiger partial charge in [0.2, 0.25) is 10.0 Å². The highest BCUT2D eigenvalue weighted by Crippen LogP contribution is 2.25. The van der Waals surface area contributed by atoms with Gasteiger partial charge in [0.1, 0.15) is 0 Å². The molecule has 1 aromatic carbocycles. The second-order valence-electron chi connectivity index (χ2n) is 4.25. The third kappa shape index (κ3) is 3.09. The van der Waals surface area contributed by atoms with Crippen molar-refractivity contribution in [3.8, 4) is 0 Å². The molecule has 0 amide bonds. The summed E-state index contributed by atoms with van der Waals surface area (Å²) in [6.45, 7) is 0.589. The minimum atomic E-state index is -3.09. The van der Waals surface area contributed by atoms with Crippen LogP contribution in [-0.2, 0) is 10.0 Å². The van der Waals surface area contributed by atoms with Crippen molar-refractivity contribution in [3.05, 3.63) is 35.9 Å². The molecule has 0 saturated carbocycles. The second-order valence-corrected chi connectivity index (χ2v) is 6.71. The molecule has 0 spiro atoms. The normalized spacial score (nSPS) is 18.6. The molecule has 0 N–H and O–H groups in total. The molecule has 0 unspecified atom stereocenters. The van der Waals surface area contributed by atoms with Gasteiger partial charge in [-0.25, -0.2) is 8.42 Å². The molecule has 1 fully saturated rings. The Morgan fingerprint density at radius 2 is 2.22 bits per heavy atom. The molecule has 1 heterocycles. The standard InChI is InChI=1S/C13H17NO2S2/c15-18(16)10-4-8-14(18)13-7-3-6-12(11-13)5-1-2-9-17/h1,3,5-7,11,17H,2,4,8-10H2. The van der Waals surface area contributed by atoms with Gasteiger partial charge in [-0.2, -0.15) is 12.6 Å². The quantitative estimate of drug-likeness (QED) is 0.862. The third-order valence-corrected chi connectivity index (χ3v) is 4.99. The van der Waals surface area contributed by atoms with E-state index < -0.39 is 10.0 Å². The van der Waals surface area contributed by atoms with Crippen LogP contribution in [0.2, 0.25) is 0 Å². The van der Waals surface area contributed by atoms with Crippen LogP contribution in [0.15, 0.2) is 30.3 Å². The van der Waals surface area contributed by atoms with E-state index in [2.05, 4.69) is 12.6 Å². The van der Waals surface area contributed by atoms with Crippen LogP contribution >= 0.6 is 12.6 Å². The SMILES string of the molecule is O=S1(=O)CCCN1c1cccc(C=CCCS)c1. The van der Waals surface area contributed by atoms with Crippen LogP contribution in [0, 0.1) is 0 Å². The lowest BCUT2D eigenvalue weighted by molar-refractivity contribution is 0.599. The van der Waals surface area contributed by atoms with Crippen LogP contribution in [0.5, 0.6) is 0 Å². The Balaban J connectivity index is 2.22. The Hall–Kier alpha value is -0.940. The molecule has 1 saturated heterocycles. The minimum absolute atomic E-state index is 0.257. The van der Waals surface area contributed by atoms with Crippen molar-refractivity contribution < 1.29 is 8.42 Å². The average Bonchev–Trinajstić information content (AvgIpc) is 2.70. The molecule has 0 aromatic heterocycles. The summed E-state index contributed by atoms with van der Waals surface area (Å²) < 4.78 is 25.2. The fourth-order valence-corrected chi connectivity index (χ4v) is 3.71. The lowest BCUT2D eigenvalue weighted by Crippen LogP contribution is -2.24. The highest BCUT2D eigenvalue weighted by atomic mass is 32.2. The first-order valence-electron chi connectivity index (χ1n) is 6.01. The summed E-state index contributed by atoms with van der Waals surface area (Å²) in [5, 5.41) is 0. The Kier molecular flexibility index (Phi) is 4.35. The summed E-state index contributed by atoms with van der Waals surface area (Å²) in [6, 6.07) is 7.63. The monoisotopic (exact) mass is 283 g/mol. The van der Waals surface area contributed by atoms with E-state index in [1.165, 1.54) is 4.31 Å². The molecule has 0 bridgehead atoms. The average molecular weight is 283 g/mol. The molecular formula is C13H17NO2S2. The summed E-state index contributed by atoms with van der Waals surface area (Å²) in [5.41, 5.74) is 1.79. The summed E-state index contributed by atoms with van der Waals surface area (Å²) >= 11 is 4.14. The van der Waals surface area contributed by atoms with E-state index in [-0.39, 0.29) is 5.75 Å². The summed E-state index contributed by atoms with van der Waals surface area (Å²) in [5.74, 6) is 1.07. The van der Waals surface area contributed by atoms with Crippen LogP contribution in [0.4, 0.5) is 5.69 Å². The Bertz CT molecular complexity index is 538. The first-order chi connectivity index (χ1) is 8.63. The molecule has 18 heavy (non-hydrogen) atoms. The maximum atomic E-state index is 11.8. The summed E-state index contributed by atoms with van der Waals surface area (Å²) in [7, 11) is -3.09. The summed E-state index contributed by atoms with van der Waals surface area (Å²) in [6.07, 6.45) is 5.67. The van der Waals surface area contributed by atoms with Gasteiger partial charge in [0.25, 0.3) is 0 Å². The number of hydrogen-bond donors (Lipinski definition) is 1. The molecule has 1 aliphatic heterocycles. The second kappa shape index (κ2) is 5.80. The van der Waals surface area contributed by atoms with Gasteiger partial charge in [0.15, 0.2) is 0 Å². The van der Waals surface area contributed by atoms with Gasteiger partial charge in [-0.05, 0) is 36.3 Å². The molecule has 1 aromatic rings. The zero-order valence-corrected chi connectivity index (χ0v) is 11.8. The molecule has 0 atom stereocenters. The summed E-state index contributed by atoms with van der Waals surface area (Å²) in [4.78, 5) is 0. The van der Waals surface area contributed by atoms with E-state index in [9.17, 15) is 8.42 Å². The van der Waals surface area contributed by atoms with Gasteiger partial charge in [0, 0.05) is 6.54 Å². The number of thiol groups is 1. The van der Waals surface area contributed by atoms with Crippen molar-refractivity contribution in [2.75, 3.05) is 22.4 Å². The van der Waals surface area contributed by atoms with E-state index in [4.69, 9.17) is 0 Å². The molecule has 3 nitrogen and oxygen atoms in total. The van der Waals surface area contributed by atoms with Crippen molar-refractivity contribution in [2.24, 2.45) is 0 Å². The smallest absolute Gasteiger partial charge is 0.235 e. The first-order valence-corrected chi connectivity index (χ1v) is 8.25. The predicted molar refractivity (Wildman–Crippen MR) is 79.7 cm³/mol. The van der Waals surface area contributed by atoms with Crippen molar-refractivity contribution in [3.63, 3.8) is 0 Å². The Labute approximate surface area is 114 Å². The minimum Gasteiger partial charge on any atom is -0.270 e. The van der Waals surface area contributed by atoms with E-state index in [0.29, 0.717) is 13.0 Å². The molecular weight excluding hydrogens is 266 g/mol. The lowest BCUT2D eigenvalue weighted by Gasteiger charge is -2.17. The number of sulfonamides is 1. The van der Waals surface area contributed by atoms with Crippen molar-refractivity contribution in [1.29, 1.82) is 0 Å². The zero-order chi connectivity index (χ0) is 13.0. The first kappa shape index (κ1) is 13.5. The zero-order valence-electron chi connectivity index (χ0n) is 10.1. The van der Waals surface area contributed by atoms with Gasteiger partial charge in [-0.1, -0.05) is 24.3 Å². The number of nitrogens with zero attached hydrogens (tertiary/aromatic N) is 1. The fourth-order valence-electron chi connectivity index (χ4n) is 2.01. The van der Waals surface area contributed by atoms with Gasteiger partial charge in [-0.3, -0.25) is 4.31 Å². The van der Waals surface area contributed by atoms with Crippen LogP contribution < -0.4 is 4.31 Å². The van der Waals surface area contributed by atoms with E-state index in [1.54, 1.807) is 0 Å². The number of allylic oxidation sites excluding steroid dienone is 1. The van der Waals surface area contributed by atoms with Crippen molar-refractivity contribution >= 4 is 34.4 Å². The number of rotatable bonds is 4. The number of anilines is 1. The van der Waals surface area contributed by atoms with E-state index >= 15 is 0 Å². The number of benzene rings is 1. The maximum absolute atomic E-state index is 11.8. The van der Waals surface area contributed by atoms with Crippen LogP contribution in [0.3, 0.4) is 0 Å². The van der Waals surface area contributed by atoms with Gasteiger partial charge in [-0.15, -0.1) is 0 Å². The molecule has 1 aliphatic rings. The third-order valence-electron chi connectivity index (χ3n) is 2.86. The molecule has 98 valence electrons. The van der Waals surface area contributed by atoms with Gasteiger partial charge >= 0.3 is 0 Å². The van der Waals surface area contributed by atoms with E-state index in [1.807, 2.05) is 36.4 Å². The fraction of sp³-hybridized carbons (Fsp3) is 0.385. The highest BCUT2D eigenvalue weighted by molar-refractivity contribution is 7.93. The Morgan fingerprint density at radius 3 is 2.89 bits per heavy atom.